The minimum absolute atomic E-state index is 0. The normalized spacial score (nSPS) is 17.1. The Morgan fingerprint density at radius 3 is 2.68 bits per heavy atom. The van der Waals surface area contributed by atoms with Gasteiger partial charge >= 0.3 is 6.09 Å². The summed E-state index contributed by atoms with van der Waals surface area (Å²) in [5, 5.41) is 6.05. The average molecular weight is 510 g/mol. The first-order valence-electron chi connectivity index (χ1n) is 9.07. The van der Waals surface area contributed by atoms with Crippen molar-refractivity contribution < 1.29 is 18.3 Å². The maximum absolute atomic E-state index is 13.7. The fourth-order valence-corrected chi connectivity index (χ4v) is 2.91. The Kier molecular flexibility index (Phi) is 9.38. The summed E-state index contributed by atoms with van der Waals surface area (Å²) in [5.41, 5.74) is -0.0828. The van der Waals surface area contributed by atoms with E-state index in [1.54, 1.807) is 7.05 Å². The summed E-state index contributed by atoms with van der Waals surface area (Å²) in [4.78, 5) is 18.2. The number of guanidine groups is 1. The fourth-order valence-electron chi connectivity index (χ4n) is 2.91. The van der Waals surface area contributed by atoms with Crippen LogP contribution in [0.1, 0.15) is 32.8 Å². The van der Waals surface area contributed by atoms with Gasteiger partial charge in [0, 0.05) is 32.7 Å². The van der Waals surface area contributed by atoms with Crippen molar-refractivity contribution in [3.63, 3.8) is 0 Å². The largest absolute Gasteiger partial charge is 0.444 e. The molecule has 0 spiro atoms. The number of carbonyl (C=O) groups excluding carboxylic acids is 1. The summed E-state index contributed by atoms with van der Waals surface area (Å²) in [6.07, 6.45) is 0.773. The van der Waals surface area contributed by atoms with Crippen LogP contribution >= 0.6 is 24.0 Å². The average Bonchev–Trinajstić information content (AvgIpc) is 2.99. The van der Waals surface area contributed by atoms with Crippen molar-refractivity contribution in [3.05, 3.63) is 35.4 Å². The third-order valence-electron chi connectivity index (χ3n) is 4.11. The molecule has 6 nitrogen and oxygen atoms in total. The number of nitrogens with one attached hydrogen (secondary N) is 2. The Morgan fingerprint density at radius 1 is 1.36 bits per heavy atom. The summed E-state index contributed by atoms with van der Waals surface area (Å²) in [6, 6.07) is 3.57. The van der Waals surface area contributed by atoms with E-state index in [2.05, 4.69) is 15.6 Å². The van der Waals surface area contributed by atoms with Gasteiger partial charge in [0.15, 0.2) is 5.96 Å². The smallest absolute Gasteiger partial charge is 0.407 e. The van der Waals surface area contributed by atoms with Crippen LogP contribution in [0, 0.1) is 11.6 Å². The van der Waals surface area contributed by atoms with Gasteiger partial charge in [0.2, 0.25) is 0 Å². The third kappa shape index (κ3) is 7.76. The number of nitrogens with zero attached hydrogens (tertiary/aromatic N) is 2. The standard InChI is InChI=1S/C19H28F2N4O2.HI/c1-19(2,3)27-18(26)24-15-8-10-25(12-15)17(22-4)23-9-7-13-5-6-14(20)11-16(13)21;/h5-6,11,15H,7-10,12H2,1-4H3,(H,22,23)(H,24,26);1H. The van der Waals surface area contributed by atoms with Gasteiger partial charge in [0.1, 0.15) is 17.2 Å². The highest BCUT2D eigenvalue weighted by atomic mass is 127. The zero-order valence-corrected chi connectivity index (χ0v) is 19.1. The van der Waals surface area contributed by atoms with E-state index in [-0.39, 0.29) is 30.0 Å². The minimum atomic E-state index is -0.583. The number of ether oxygens (including phenoxy) is 1. The highest BCUT2D eigenvalue weighted by molar-refractivity contribution is 14.0. The second kappa shape index (κ2) is 10.8. The first-order chi connectivity index (χ1) is 12.7. The van der Waals surface area contributed by atoms with E-state index in [0.717, 1.165) is 19.0 Å². The zero-order chi connectivity index (χ0) is 20.0. The van der Waals surface area contributed by atoms with Crippen LogP contribution in [0.15, 0.2) is 23.2 Å². The molecule has 0 aromatic heterocycles. The molecule has 1 aromatic rings. The maximum Gasteiger partial charge on any atom is 0.407 e. The number of likely N-dealkylation sites (tertiary alicyclic amines) is 1. The molecule has 1 amide bonds. The van der Waals surface area contributed by atoms with Crippen molar-refractivity contribution in [2.75, 3.05) is 26.7 Å². The highest BCUT2D eigenvalue weighted by Crippen LogP contribution is 2.13. The highest BCUT2D eigenvalue weighted by Gasteiger charge is 2.27. The predicted octanol–water partition coefficient (Wildman–Crippen LogP) is 3.30. The molecule has 0 radical (unpaired) electrons. The summed E-state index contributed by atoms with van der Waals surface area (Å²) in [7, 11) is 1.68. The van der Waals surface area contributed by atoms with Gasteiger partial charge in [-0.25, -0.2) is 13.6 Å². The van der Waals surface area contributed by atoms with E-state index < -0.39 is 23.3 Å². The zero-order valence-electron chi connectivity index (χ0n) is 16.7. The number of rotatable bonds is 4. The summed E-state index contributed by atoms with van der Waals surface area (Å²) >= 11 is 0. The van der Waals surface area contributed by atoms with Crippen LogP contribution < -0.4 is 10.6 Å². The van der Waals surface area contributed by atoms with Crippen LogP contribution in [-0.2, 0) is 11.2 Å². The van der Waals surface area contributed by atoms with Crippen molar-refractivity contribution in [3.8, 4) is 0 Å². The van der Waals surface area contributed by atoms with Gasteiger partial charge in [0.05, 0.1) is 6.04 Å². The molecule has 2 rings (SSSR count). The number of benzene rings is 1. The predicted molar refractivity (Wildman–Crippen MR) is 116 cm³/mol. The molecule has 0 saturated carbocycles. The molecule has 1 aromatic carbocycles. The van der Waals surface area contributed by atoms with Gasteiger partial charge in [-0.2, -0.15) is 0 Å². The lowest BCUT2D eigenvalue weighted by Gasteiger charge is -2.23. The van der Waals surface area contributed by atoms with Gasteiger partial charge in [-0.05, 0) is 45.2 Å². The molecule has 1 fully saturated rings. The Labute approximate surface area is 182 Å². The van der Waals surface area contributed by atoms with Crippen LogP contribution in [0.25, 0.3) is 0 Å². The van der Waals surface area contributed by atoms with Crippen LogP contribution in [-0.4, -0.2) is 55.3 Å². The number of alkyl carbamates (subject to hydrolysis) is 1. The molecule has 1 aliphatic heterocycles. The van der Waals surface area contributed by atoms with Crippen molar-refractivity contribution in [1.82, 2.24) is 15.5 Å². The third-order valence-corrected chi connectivity index (χ3v) is 4.11. The molecule has 1 unspecified atom stereocenters. The van der Waals surface area contributed by atoms with E-state index >= 15 is 0 Å². The molecule has 0 aliphatic carbocycles. The molecule has 1 atom stereocenters. The monoisotopic (exact) mass is 510 g/mol. The van der Waals surface area contributed by atoms with Crippen molar-refractivity contribution in [2.24, 2.45) is 4.99 Å². The van der Waals surface area contributed by atoms with E-state index in [0.29, 0.717) is 31.0 Å². The molecule has 1 aliphatic rings. The van der Waals surface area contributed by atoms with Crippen LogP contribution in [0.2, 0.25) is 0 Å². The number of aliphatic imine (C=N–C) groups is 1. The first-order valence-corrected chi connectivity index (χ1v) is 9.07. The molecule has 9 heteroatoms. The van der Waals surface area contributed by atoms with Crippen LogP contribution in [0.5, 0.6) is 0 Å². The summed E-state index contributed by atoms with van der Waals surface area (Å²) < 4.78 is 31.9. The Morgan fingerprint density at radius 2 is 2.07 bits per heavy atom. The van der Waals surface area contributed by atoms with Crippen LogP contribution in [0.4, 0.5) is 13.6 Å². The number of hydrogen-bond donors (Lipinski definition) is 2. The lowest BCUT2D eigenvalue weighted by atomic mass is 10.1. The van der Waals surface area contributed by atoms with Crippen molar-refractivity contribution in [1.29, 1.82) is 0 Å². The minimum Gasteiger partial charge on any atom is -0.444 e. The quantitative estimate of drug-likeness (QED) is 0.371. The fraction of sp³-hybridized carbons (Fsp3) is 0.579. The van der Waals surface area contributed by atoms with Gasteiger partial charge in [0.25, 0.3) is 0 Å². The molecule has 0 bridgehead atoms. The molecular formula is C19H29F2IN4O2. The molecular weight excluding hydrogens is 481 g/mol. The lowest BCUT2D eigenvalue weighted by Crippen LogP contribution is -2.44. The first kappa shape index (κ1) is 24.4. The van der Waals surface area contributed by atoms with Crippen molar-refractivity contribution >= 4 is 36.0 Å². The maximum atomic E-state index is 13.7. The van der Waals surface area contributed by atoms with Gasteiger partial charge in [-0.1, -0.05) is 6.07 Å². The Hall–Kier alpha value is -1.65. The van der Waals surface area contributed by atoms with E-state index in [1.165, 1.54) is 12.1 Å². The van der Waals surface area contributed by atoms with E-state index in [1.807, 2.05) is 25.7 Å². The Balaban J connectivity index is 0.00000392. The summed E-state index contributed by atoms with van der Waals surface area (Å²) in [5.74, 6) is -0.443. The molecule has 28 heavy (non-hydrogen) atoms. The second-order valence-electron chi connectivity index (χ2n) is 7.54. The number of halogens is 3. The van der Waals surface area contributed by atoms with Crippen molar-refractivity contribution in [2.45, 2.75) is 45.3 Å². The Bertz CT molecular complexity index is 695. The molecule has 1 heterocycles. The molecule has 2 N–H and O–H groups in total. The summed E-state index contributed by atoms with van der Waals surface area (Å²) in [6.45, 7) is 7.29. The number of carbonyl (C=O) groups is 1. The molecule has 1 saturated heterocycles. The van der Waals surface area contributed by atoms with Gasteiger partial charge in [-0.15, -0.1) is 24.0 Å². The van der Waals surface area contributed by atoms with E-state index in [4.69, 9.17) is 4.74 Å². The van der Waals surface area contributed by atoms with E-state index in [9.17, 15) is 13.6 Å². The van der Waals surface area contributed by atoms with Gasteiger partial charge < -0.3 is 20.3 Å². The number of amides is 1. The topological polar surface area (TPSA) is 66.0 Å². The van der Waals surface area contributed by atoms with Crippen LogP contribution in [0.3, 0.4) is 0 Å². The number of hydrogen-bond acceptors (Lipinski definition) is 3. The second-order valence-corrected chi connectivity index (χ2v) is 7.54. The molecule has 158 valence electrons. The lowest BCUT2D eigenvalue weighted by molar-refractivity contribution is 0.0507. The van der Waals surface area contributed by atoms with Gasteiger partial charge in [-0.3, -0.25) is 4.99 Å². The SMILES string of the molecule is CN=C(NCCc1ccc(F)cc1F)N1CCC(NC(=O)OC(C)(C)C)C1.I.